The minimum Gasteiger partial charge on any atom is -0.339 e. The highest BCUT2D eigenvalue weighted by atomic mass is 19.4. The van der Waals surface area contributed by atoms with Crippen molar-refractivity contribution in [1.82, 2.24) is 19.6 Å². The number of likely N-dealkylation sites (tertiary alicyclic amines) is 2. The van der Waals surface area contributed by atoms with E-state index in [1.165, 1.54) is 4.90 Å². The maximum Gasteiger partial charge on any atom is 0.416 e. The van der Waals surface area contributed by atoms with E-state index in [0.717, 1.165) is 37.3 Å². The highest BCUT2D eigenvalue weighted by molar-refractivity contribution is 5.95. The molecule has 0 saturated carbocycles. The molecule has 0 aromatic heterocycles. The average Bonchev–Trinajstić information content (AvgIpc) is 3.07. The van der Waals surface area contributed by atoms with Gasteiger partial charge < -0.3 is 9.80 Å². The summed E-state index contributed by atoms with van der Waals surface area (Å²) in [6, 6.07) is 20.3. The van der Waals surface area contributed by atoms with Gasteiger partial charge in [0, 0.05) is 69.5 Å². The molecule has 6 rings (SSSR count). The van der Waals surface area contributed by atoms with E-state index in [1.54, 1.807) is 0 Å². The Hall–Kier alpha value is -3.90. The Morgan fingerprint density at radius 3 is 1.82 bits per heavy atom. The summed E-state index contributed by atoms with van der Waals surface area (Å²) >= 11 is 0. The van der Waals surface area contributed by atoms with Crippen molar-refractivity contribution in [2.45, 2.75) is 62.6 Å². The topological polar surface area (TPSA) is 47.1 Å². The number of rotatable bonds is 7. The molecule has 2 amide bonds. The number of carbonyl (C=O) groups excluding carboxylic acids is 2. The van der Waals surface area contributed by atoms with E-state index in [2.05, 4.69) is 9.80 Å². The molecule has 0 aliphatic carbocycles. The van der Waals surface area contributed by atoms with Crippen LogP contribution in [-0.4, -0.2) is 95.4 Å². The summed E-state index contributed by atoms with van der Waals surface area (Å²) in [6.45, 7) is 6.80. The molecule has 3 fully saturated rings. The fourth-order valence-corrected chi connectivity index (χ4v) is 7.44. The minimum absolute atomic E-state index is 0.0500. The van der Waals surface area contributed by atoms with Crippen molar-refractivity contribution >= 4 is 11.8 Å². The molecule has 0 radical (unpaired) electrons. The molecule has 0 spiro atoms. The van der Waals surface area contributed by atoms with Gasteiger partial charge in [0.25, 0.3) is 5.91 Å². The third-order valence-corrected chi connectivity index (χ3v) is 10.3. The van der Waals surface area contributed by atoms with Crippen LogP contribution in [0.25, 0.3) is 0 Å². The zero-order valence-corrected chi connectivity index (χ0v) is 27.3. The molecule has 3 heterocycles. The molecule has 0 bridgehead atoms. The van der Waals surface area contributed by atoms with Gasteiger partial charge in [-0.1, -0.05) is 60.7 Å². The molecule has 0 N–H and O–H groups in total. The van der Waals surface area contributed by atoms with Gasteiger partial charge in [-0.25, -0.2) is 0 Å². The Kier molecular flexibility index (Phi) is 10.1. The molecule has 49 heavy (non-hydrogen) atoms. The molecular formula is C37H40F6N4O2. The fraction of sp³-hybridized carbons (Fsp3) is 0.459. The van der Waals surface area contributed by atoms with E-state index in [4.69, 9.17) is 0 Å². The zero-order valence-electron chi connectivity index (χ0n) is 27.3. The number of nitrogens with zero attached hydrogens (tertiary/aromatic N) is 4. The molecule has 6 nitrogen and oxygen atoms in total. The predicted octanol–water partition coefficient (Wildman–Crippen LogP) is 6.57. The van der Waals surface area contributed by atoms with Crippen molar-refractivity contribution in [3.8, 4) is 0 Å². The van der Waals surface area contributed by atoms with Gasteiger partial charge in [0.15, 0.2) is 0 Å². The monoisotopic (exact) mass is 686 g/mol. The number of carbonyl (C=O) groups is 2. The largest absolute Gasteiger partial charge is 0.416 e. The zero-order chi connectivity index (χ0) is 34.9. The number of hydrogen-bond donors (Lipinski definition) is 0. The van der Waals surface area contributed by atoms with Gasteiger partial charge >= 0.3 is 12.4 Å². The van der Waals surface area contributed by atoms with Gasteiger partial charge in [-0.2, -0.15) is 26.3 Å². The normalized spacial score (nSPS) is 22.1. The molecule has 3 saturated heterocycles. The van der Waals surface area contributed by atoms with Crippen LogP contribution in [0.5, 0.6) is 0 Å². The number of amides is 2. The number of hydrogen-bond acceptors (Lipinski definition) is 4. The second-order valence-electron chi connectivity index (χ2n) is 13.4. The second-order valence-corrected chi connectivity index (χ2v) is 13.4. The van der Waals surface area contributed by atoms with E-state index in [-0.39, 0.29) is 30.5 Å². The van der Waals surface area contributed by atoms with Gasteiger partial charge in [0.1, 0.15) is 0 Å². The molecule has 3 aliphatic rings. The lowest BCUT2D eigenvalue weighted by atomic mass is 9.90. The highest BCUT2D eigenvalue weighted by Gasteiger charge is 2.42. The Balaban J connectivity index is 1.10. The highest BCUT2D eigenvalue weighted by Crippen LogP contribution is 2.37. The summed E-state index contributed by atoms with van der Waals surface area (Å²) < 4.78 is 81.6. The molecule has 0 unspecified atom stereocenters. The maximum absolute atomic E-state index is 13.7. The summed E-state index contributed by atoms with van der Waals surface area (Å²) in [7, 11) is 0. The number of piperidine rings is 1. The van der Waals surface area contributed by atoms with Crippen LogP contribution in [-0.2, 0) is 23.6 Å². The van der Waals surface area contributed by atoms with Gasteiger partial charge in [-0.05, 0) is 55.5 Å². The minimum atomic E-state index is -5.04. The van der Waals surface area contributed by atoms with Crippen LogP contribution in [0.3, 0.4) is 0 Å². The Morgan fingerprint density at radius 1 is 0.735 bits per heavy atom. The molecule has 3 aliphatic heterocycles. The summed E-state index contributed by atoms with van der Waals surface area (Å²) in [4.78, 5) is 35.0. The van der Waals surface area contributed by atoms with Crippen molar-refractivity contribution in [1.29, 1.82) is 0 Å². The van der Waals surface area contributed by atoms with Crippen LogP contribution < -0.4 is 0 Å². The standard InChI is InChI=1S/C37H40F6N4O2/c1-25(27-10-6-3-7-11-27)34(48)46-23-33(24-46)45-16-14-44(15-17-45)31-12-13-47(32(22-31)18-26-8-4-2-5-9-26)35(49)28-19-29(36(38,39)40)21-30(20-28)37(41,42)43/h2-11,19-21,25,31-33H,12-18,22-24H2,1H3/t25-,31-,32+/m1/s1. The SMILES string of the molecule is C[C@@H](C(=O)N1CC(N2CCN([C@@H]3CCN(C(=O)c4cc(C(F)(F)F)cc(C(F)(F)F)c4)[C@@H](Cc4ccccc4)C3)CC2)C1)c1ccccc1. The first-order chi connectivity index (χ1) is 23.3. The molecular weight excluding hydrogens is 646 g/mol. The van der Waals surface area contributed by atoms with Crippen molar-refractivity contribution in [2.24, 2.45) is 0 Å². The Morgan fingerprint density at radius 2 is 1.27 bits per heavy atom. The summed E-state index contributed by atoms with van der Waals surface area (Å²) in [5.74, 6) is -0.890. The number of piperazine rings is 1. The van der Waals surface area contributed by atoms with Crippen molar-refractivity contribution in [3.05, 3.63) is 107 Å². The van der Waals surface area contributed by atoms with E-state index < -0.39 is 41.0 Å². The molecule has 3 aromatic carbocycles. The first-order valence-electron chi connectivity index (χ1n) is 16.7. The van der Waals surface area contributed by atoms with Crippen LogP contribution in [0.1, 0.15) is 58.3 Å². The van der Waals surface area contributed by atoms with Crippen molar-refractivity contribution < 1.29 is 35.9 Å². The van der Waals surface area contributed by atoms with E-state index >= 15 is 0 Å². The first kappa shape index (κ1) is 34.9. The number of halogens is 6. The van der Waals surface area contributed by atoms with Gasteiger partial charge in [0.2, 0.25) is 5.91 Å². The quantitative estimate of drug-likeness (QED) is 0.264. The van der Waals surface area contributed by atoms with Crippen molar-refractivity contribution in [2.75, 3.05) is 45.8 Å². The van der Waals surface area contributed by atoms with Crippen molar-refractivity contribution in [3.63, 3.8) is 0 Å². The lowest BCUT2D eigenvalue weighted by Gasteiger charge is -2.51. The van der Waals surface area contributed by atoms with E-state index in [1.807, 2.05) is 72.5 Å². The van der Waals surface area contributed by atoms with Crippen LogP contribution >= 0.6 is 0 Å². The number of alkyl halides is 6. The summed E-state index contributed by atoms with van der Waals surface area (Å²) in [5, 5.41) is 0. The molecule has 3 atom stereocenters. The van der Waals surface area contributed by atoms with Crippen LogP contribution in [0, 0.1) is 0 Å². The maximum atomic E-state index is 13.7. The van der Waals surface area contributed by atoms with E-state index in [9.17, 15) is 35.9 Å². The predicted molar refractivity (Wildman–Crippen MR) is 173 cm³/mol. The lowest BCUT2D eigenvalue weighted by molar-refractivity contribution is -0.143. The van der Waals surface area contributed by atoms with Gasteiger partial charge in [-0.15, -0.1) is 0 Å². The lowest BCUT2D eigenvalue weighted by Crippen LogP contribution is -2.65. The van der Waals surface area contributed by atoms with Crippen LogP contribution in [0.4, 0.5) is 26.3 Å². The Labute approximate surface area is 282 Å². The molecule has 12 heteroatoms. The van der Waals surface area contributed by atoms with E-state index in [0.29, 0.717) is 50.5 Å². The third kappa shape index (κ3) is 7.96. The average molecular weight is 687 g/mol. The second kappa shape index (κ2) is 14.1. The smallest absolute Gasteiger partial charge is 0.339 e. The summed E-state index contributed by atoms with van der Waals surface area (Å²) in [6.07, 6.45) is -8.53. The van der Waals surface area contributed by atoms with Gasteiger partial charge in [-0.3, -0.25) is 19.4 Å². The third-order valence-electron chi connectivity index (χ3n) is 10.3. The molecule has 3 aromatic rings. The number of benzene rings is 3. The first-order valence-corrected chi connectivity index (χ1v) is 16.7. The van der Waals surface area contributed by atoms with Crippen LogP contribution in [0.15, 0.2) is 78.9 Å². The molecule has 262 valence electrons. The summed E-state index contributed by atoms with van der Waals surface area (Å²) in [5.41, 5.74) is -1.67. The van der Waals surface area contributed by atoms with Crippen LogP contribution in [0.2, 0.25) is 0 Å². The fourth-order valence-electron chi connectivity index (χ4n) is 7.44. The Bertz CT molecular complexity index is 1570. The van der Waals surface area contributed by atoms with Gasteiger partial charge in [0.05, 0.1) is 17.0 Å².